The second-order valence-corrected chi connectivity index (χ2v) is 7.66. The molecule has 25 heavy (non-hydrogen) atoms. The average molecular weight is 388 g/mol. The number of nitrogens with one attached hydrogen (secondary N) is 1. The highest BCUT2D eigenvalue weighted by molar-refractivity contribution is 8.00. The lowest BCUT2D eigenvalue weighted by molar-refractivity contribution is -0.111. The fraction of sp³-hybridized carbons (Fsp3) is 0.0556. The minimum Gasteiger partial charge on any atom is -0.297 e. The summed E-state index contributed by atoms with van der Waals surface area (Å²) in [6.45, 7) is 0. The van der Waals surface area contributed by atoms with E-state index in [0.29, 0.717) is 10.2 Å². The molecule has 1 aromatic heterocycles. The number of amides is 1. The van der Waals surface area contributed by atoms with E-state index in [9.17, 15) is 4.79 Å². The third-order valence-electron chi connectivity index (χ3n) is 3.11. The van der Waals surface area contributed by atoms with Gasteiger partial charge in [-0.1, -0.05) is 77.2 Å². The molecule has 0 bridgehead atoms. The number of carbonyl (C=O) groups is 1. The van der Waals surface area contributed by atoms with Gasteiger partial charge in [0.05, 0.1) is 0 Å². The molecule has 0 aliphatic rings. The predicted molar refractivity (Wildman–Crippen MR) is 105 cm³/mol. The quantitative estimate of drug-likeness (QED) is 0.361. The predicted octanol–water partition coefficient (Wildman–Crippen LogP) is 5.14. The van der Waals surface area contributed by atoms with E-state index in [1.54, 1.807) is 17.8 Å². The normalized spacial score (nSPS) is 10.9. The SMILES string of the molecule is O=C(/C=C/c1ccccc1)Nc1nnc(SCc2cccc(Cl)c2)s1. The topological polar surface area (TPSA) is 54.9 Å². The molecule has 3 aromatic rings. The van der Waals surface area contributed by atoms with Crippen LogP contribution in [-0.2, 0) is 10.5 Å². The van der Waals surface area contributed by atoms with Crippen LogP contribution in [-0.4, -0.2) is 16.1 Å². The summed E-state index contributed by atoms with van der Waals surface area (Å²) in [6.07, 6.45) is 3.24. The van der Waals surface area contributed by atoms with Gasteiger partial charge in [0.2, 0.25) is 11.0 Å². The molecule has 1 heterocycles. The van der Waals surface area contributed by atoms with Crippen molar-refractivity contribution in [1.29, 1.82) is 0 Å². The van der Waals surface area contributed by atoms with Gasteiger partial charge in [-0.2, -0.15) is 0 Å². The van der Waals surface area contributed by atoms with Crippen molar-refractivity contribution < 1.29 is 4.79 Å². The fourth-order valence-corrected chi connectivity index (χ4v) is 3.88. The summed E-state index contributed by atoms with van der Waals surface area (Å²) < 4.78 is 0.794. The second-order valence-electron chi connectivity index (χ2n) is 5.02. The number of nitrogens with zero attached hydrogens (tertiary/aromatic N) is 2. The zero-order valence-electron chi connectivity index (χ0n) is 13.1. The van der Waals surface area contributed by atoms with Crippen LogP contribution < -0.4 is 5.32 Å². The molecule has 0 saturated heterocycles. The van der Waals surface area contributed by atoms with E-state index in [4.69, 9.17) is 11.6 Å². The zero-order valence-corrected chi connectivity index (χ0v) is 15.4. The summed E-state index contributed by atoms with van der Waals surface area (Å²) in [5.41, 5.74) is 2.08. The Balaban J connectivity index is 1.52. The molecule has 126 valence electrons. The van der Waals surface area contributed by atoms with Gasteiger partial charge in [0, 0.05) is 16.9 Å². The molecule has 1 N–H and O–H groups in total. The number of aromatic nitrogens is 2. The van der Waals surface area contributed by atoms with Crippen LogP contribution in [0.5, 0.6) is 0 Å². The Bertz CT molecular complexity index is 881. The number of rotatable bonds is 6. The number of carbonyl (C=O) groups excluding carboxylic acids is 1. The molecule has 1 amide bonds. The largest absolute Gasteiger partial charge is 0.297 e. The molecule has 4 nitrogen and oxygen atoms in total. The van der Waals surface area contributed by atoms with Crippen LogP contribution >= 0.6 is 34.7 Å². The lowest BCUT2D eigenvalue weighted by Crippen LogP contribution is -2.07. The molecule has 0 fully saturated rings. The molecule has 0 unspecified atom stereocenters. The molecule has 2 aromatic carbocycles. The van der Waals surface area contributed by atoms with Gasteiger partial charge in [0.25, 0.3) is 0 Å². The highest BCUT2D eigenvalue weighted by atomic mass is 35.5. The van der Waals surface area contributed by atoms with Gasteiger partial charge in [-0.15, -0.1) is 10.2 Å². The van der Waals surface area contributed by atoms with Gasteiger partial charge in [0.1, 0.15) is 0 Å². The Hall–Kier alpha value is -2.15. The van der Waals surface area contributed by atoms with Crippen LogP contribution in [0.1, 0.15) is 11.1 Å². The van der Waals surface area contributed by atoms with Gasteiger partial charge in [-0.3, -0.25) is 10.1 Å². The first kappa shape index (κ1) is 17.7. The first-order chi connectivity index (χ1) is 12.2. The molecular formula is C18H14ClN3OS2. The number of hydrogen-bond acceptors (Lipinski definition) is 5. The number of thioether (sulfide) groups is 1. The molecule has 0 saturated carbocycles. The molecule has 0 aliphatic heterocycles. The minimum absolute atomic E-state index is 0.230. The molecule has 0 atom stereocenters. The Morgan fingerprint density at radius 2 is 2.00 bits per heavy atom. The number of benzene rings is 2. The zero-order chi connectivity index (χ0) is 17.5. The highest BCUT2D eigenvalue weighted by Gasteiger charge is 2.07. The van der Waals surface area contributed by atoms with Crippen molar-refractivity contribution in [2.24, 2.45) is 0 Å². The van der Waals surface area contributed by atoms with E-state index >= 15 is 0 Å². The average Bonchev–Trinajstić information content (AvgIpc) is 3.06. The Morgan fingerprint density at radius 1 is 1.16 bits per heavy atom. The van der Waals surface area contributed by atoms with Crippen molar-refractivity contribution in [3.8, 4) is 0 Å². The molecule has 3 rings (SSSR count). The van der Waals surface area contributed by atoms with Crippen molar-refractivity contribution in [3.63, 3.8) is 0 Å². The van der Waals surface area contributed by atoms with Crippen LogP contribution in [0.15, 0.2) is 65.0 Å². The van der Waals surface area contributed by atoms with Crippen molar-refractivity contribution in [3.05, 3.63) is 76.8 Å². The highest BCUT2D eigenvalue weighted by Crippen LogP contribution is 2.28. The van der Waals surface area contributed by atoms with Gasteiger partial charge < -0.3 is 0 Å². The van der Waals surface area contributed by atoms with Gasteiger partial charge in [-0.05, 0) is 29.3 Å². The first-order valence-corrected chi connectivity index (χ1v) is 9.62. The minimum atomic E-state index is -0.230. The summed E-state index contributed by atoms with van der Waals surface area (Å²) in [5.74, 6) is 0.517. The molecule has 7 heteroatoms. The number of anilines is 1. The van der Waals surface area contributed by atoms with Crippen LogP contribution in [0.3, 0.4) is 0 Å². The van der Waals surface area contributed by atoms with E-state index in [2.05, 4.69) is 15.5 Å². The van der Waals surface area contributed by atoms with E-state index in [-0.39, 0.29) is 5.91 Å². The second kappa shape index (κ2) is 8.80. The maximum Gasteiger partial charge on any atom is 0.250 e. The lowest BCUT2D eigenvalue weighted by Gasteiger charge is -1.98. The Labute approximate surface area is 159 Å². The summed E-state index contributed by atoms with van der Waals surface area (Å²) in [4.78, 5) is 11.9. The molecule has 0 spiro atoms. The van der Waals surface area contributed by atoms with Crippen LogP contribution in [0.2, 0.25) is 5.02 Å². The van der Waals surface area contributed by atoms with E-state index in [0.717, 1.165) is 21.2 Å². The summed E-state index contributed by atoms with van der Waals surface area (Å²) >= 11 is 8.88. The van der Waals surface area contributed by atoms with Crippen molar-refractivity contribution >= 4 is 51.8 Å². The van der Waals surface area contributed by atoms with E-state index in [1.165, 1.54) is 17.4 Å². The molecule has 0 aliphatic carbocycles. The lowest BCUT2D eigenvalue weighted by atomic mass is 10.2. The van der Waals surface area contributed by atoms with Gasteiger partial charge in [0.15, 0.2) is 4.34 Å². The third-order valence-corrected chi connectivity index (χ3v) is 5.39. The number of halogens is 1. The summed E-state index contributed by atoms with van der Waals surface area (Å²) in [7, 11) is 0. The summed E-state index contributed by atoms with van der Waals surface area (Å²) in [5, 5.41) is 12.0. The Morgan fingerprint density at radius 3 is 2.80 bits per heavy atom. The van der Waals surface area contributed by atoms with Crippen molar-refractivity contribution in [1.82, 2.24) is 10.2 Å². The molecule has 0 radical (unpaired) electrons. The van der Waals surface area contributed by atoms with Crippen molar-refractivity contribution in [2.75, 3.05) is 5.32 Å². The maximum absolute atomic E-state index is 11.9. The summed E-state index contributed by atoms with van der Waals surface area (Å²) in [6, 6.07) is 17.3. The number of hydrogen-bond donors (Lipinski definition) is 1. The maximum atomic E-state index is 11.9. The first-order valence-electron chi connectivity index (χ1n) is 7.44. The van der Waals surface area contributed by atoms with E-state index in [1.807, 2.05) is 54.6 Å². The van der Waals surface area contributed by atoms with Gasteiger partial charge in [-0.25, -0.2) is 0 Å². The van der Waals surface area contributed by atoms with Crippen molar-refractivity contribution in [2.45, 2.75) is 10.1 Å². The van der Waals surface area contributed by atoms with Crippen LogP contribution in [0.25, 0.3) is 6.08 Å². The monoisotopic (exact) mass is 387 g/mol. The van der Waals surface area contributed by atoms with E-state index < -0.39 is 0 Å². The van der Waals surface area contributed by atoms with Gasteiger partial charge >= 0.3 is 0 Å². The Kier molecular flexibility index (Phi) is 6.22. The third kappa shape index (κ3) is 5.70. The van der Waals surface area contributed by atoms with Crippen LogP contribution in [0, 0.1) is 0 Å². The fourth-order valence-electron chi connectivity index (χ4n) is 1.97. The molecular weight excluding hydrogens is 374 g/mol. The standard InChI is InChI=1S/C18H14ClN3OS2/c19-15-8-4-7-14(11-15)12-24-18-22-21-17(25-18)20-16(23)10-9-13-5-2-1-3-6-13/h1-11H,12H2,(H,20,21,23)/b10-9+. The van der Waals surface area contributed by atoms with Crippen LogP contribution in [0.4, 0.5) is 5.13 Å². The smallest absolute Gasteiger partial charge is 0.250 e.